The number of hydrogen-bond donors (Lipinski definition) is 2. The molecule has 5 heteroatoms. The highest BCUT2D eigenvalue weighted by atomic mass is 32.1. The molecule has 1 aliphatic heterocycles. The number of fused-ring (bicyclic) bond motifs is 1. The Morgan fingerprint density at radius 1 is 1.57 bits per heavy atom. The van der Waals surface area contributed by atoms with Crippen LogP contribution in [0.15, 0.2) is 6.20 Å². The Labute approximate surface area is 87.7 Å². The zero-order valence-electron chi connectivity index (χ0n) is 7.79. The quantitative estimate of drug-likeness (QED) is 0.669. The molecule has 74 valence electrons. The first kappa shape index (κ1) is 8.23. The molecule has 0 saturated heterocycles. The van der Waals surface area contributed by atoms with E-state index in [0.29, 0.717) is 6.04 Å². The summed E-state index contributed by atoms with van der Waals surface area (Å²) >= 11 is 5.32. The second-order valence-electron chi connectivity index (χ2n) is 3.95. The Hall–Kier alpha value is -1.10. The van der Waals surface area contributed by atoms with Crippen molar-refractivity contribution in [3.05, 3.63) is 17.5 Å². The van der Waals surface area contributed by atoms with Gasteiger partial charge >= 0.3 is 0 Å². The second-order valence-corrected chi connectivity index (χ2v) is 4.34. The van der Waals surface area contributed by atoms with E-state index < -0.39 is 0 Å². The van der Waals surface area contributed by atoms with Gasteiger partial charge < -0.3 is 10.2 Å². The van der Waals surface area contributed by atoms with Gasteiger partial charge in [0.25, 0.3) is 0 Å². The molecule has 1 fully saturated rings. The van der Waals surface area contributed by atoms with Gasteiger partial charge in [-0.15, -0.1) is 0 Å². The second kappa shape index (κ2) is 2.95. The van der Waals surface area contributed by atoms with E-state index in [2.05, 4.69) is 20.4 Å². The third-order valence-corrected chi connectivity index (χ3v) is 3.09. The van der Waals surface area contributed by atoms with Crippen LogP contribution in [0.4, 0.5) is 0 Å². The van der Waals surface area contributed by atoms with Crippen LogP contribution in [0, 0.1) is 0 Å². The highest BCUT2D eigenvalue weighted by molar-refractivity contribution is 7.80. The first-order chi connectivity index (χ1) is 6.83. The third kappa shape index (κ3) is 1.37. The number of H-pyrrole nitrogens is 1. The summed E-state index contributed by atoms with van der Waals surface area (Å²) in [4.78, 5) is 2.18. The lowest BCUT2D eigenvalue weighted by Crippen LogP contribution is -2.37. The number of hydrogen-bond acceptors (Lipinski definition) is 2. The van der Waals surface area contributed by atoms with Crippen molar-refractivity contribution in [1.82, 2.24) is 20.4 Å². The van der Waals surface area contributed by atoms with Gasteiger partial charge in [-0.25, -0.2) is 0 Å². The van der Waals surface area contributed by atoms with Crippen molar-refractivity contribution in [2.75, 3.05) is 0 Å². The van der Waals surface area contributed by atoms with Crippen LogP contribution < -0.4 is 5.32 Å². The molecule has 0 radical (unpaired) electrons. The molecule has 3 rings (SSSR count). The van der Waals surface area contributed by atoms with Gasteiger partial charge in [-0.1, -0.05) is 0 Å². The third-order valence-electron chi connectivity index (χ3n) is 2.71. The van der Waals surface area contributed by atoms with E-state index in [4.69, 9.17) is 12.2 Å². The molecule has 1 aromatic heterocycles. The zero-order valence-corrected chi connectivity index (χ0v) is 8.60. The summed E-state index contributed by atoms with van der Waals surface area (Å²) in [5.74, 6) is 0. The minimum Gasteiger partial charge on any atom is -0.360 e. The van der Waals surface area contributed by atoms with E-state index in [1.165, 1.54) is 24.1 Å². The molecule has 1 saturated carbocycles. The smallest absolute Gasteiger partial charge is 0.169 e. The molecule has 4 nitrogen and oxygen atoms in total. The van der Waals surface area contributed by atoms with Gasteiger partial charge in [0.1, 0.15) is 0 Å². The highest BCUT2D eigenvalue weighted by Crippen LogP contribution is 2.23. The summed E-state index contributed by atoms with van der Waals surface area (Å²) in [6.45, 7) is 1.76. The monoisotopic (exact) mass is 208 g/mol. The van der Waals surface area contributed by atoms with E-state index in [-0.39, 0.29) is 0 Å². The predicted octanol–water partition coefficient (Wildman–Crippen LogP) is 0.762. The molecule has 0 atom stereocenters. The van der Waals surface area contributed by atoms with Crippen LogP contribution in [0.1, 0.15) is 24.1 Å². The first-order valence-electron chi connectivity index (χ1n) is 4.89. The summed E-state index contributed by atoms with van der Waals surface area (Å²) in [6, 6.07) is 0.638. The number of thiocarbonyl (C=S) groups is 1. The van der Waals surface area contributed by atoms with E-state index in [1.54, 1.807) is 0 Å². The molecule has 0 amide bonds. The predicted molar refractivity (Wildman–Crippen MR) is 56.6 cm³/mol. The fourth-order valence-corrected chi connectivity index (χ4v) is 2.00. The molecule has 0 bridgehead atoms. The van der Waals surface area contributed by atoms with Crippen molar-refractivity contribution >= 4 is 17.3 Å². The number of aromatic amines is 1. The normalized spacial score (nSPS) is 19.6. The zero-order chi connectivity index (χ0) is 9.54. The summed E-state index contributed by atoms with van der Waals surface area (Å²) < 4.78 is 0. The molecular formula is C9H12N4S. The SMILES string of the molecule is S=C(NC1CC1)N1Cc2cn[nH]c2C1. The fraction of sp³-hybridized carbons (Fsp3) is 0.556. The molecule has 1 aliphatic carbocycles. The van der Waals surface area contributed by atoms with Gasteiger partial charge in [0.15, 0.2) is 5.11 Å². The maximum atomic E-state index is 5.32. The average Bonchev–Trinajstić information content (AvgIpc) is 2.73. The van der Waals surface area contributed by atoms with Crippen LogP contribution in [-0.4, -0.2) is 26.3 Å². The molecule has 2 heterocycles. The summed E-state index contributed by atoms with van der Waals surface area (Å²) in [6.07, 6.45) is 4.41. The van der Waals surface area contributed by atoms with Crippen LogP contribution in [0.25, 0.3) is 0 Å². The van der Waals surface area contributed by atoms with Gasteiger partial charge in [0, 0.05) is 18.2 Å². The first-order valence-corrected chi connectivity index (χ1v) is 5.30. The summed E-state index contributed by atoms with van der Waals surface area (Å²) in [5, 5.41) is 11.2. The van der Waals surface area contributed by atoms with Gasteiger partial charge in [-0.3, -0.25) is 5.10 Å². The Bertz CT molecular complexity index is 348. The molecule has 0 aromatic carbocycles. The van der Waals surface area contributed by atoms with Gasteiger partial charge in [0.2, 0.25) is 0 Å². The van der Waals surface area contributed by atoms with Crippen LogP contribution in [0.5, 0.6) is 0 Å². The fourth-order valence-electron chi connectivity index (χ4n) is 1.70. The van der Waals surface area contributed by atoms with Crippen LogP contribution in [0.2, 0.25) is 0 Å². The number of nitrogens with zero attached hydrogens (tertiary/aromatic N) is 2. The van der Waals surface area contributed by atoms with E-state index in [0.717, 1.165) is 18.2 Å². The Kier molecular flexibility index (Phi) is 1.73. The van der Waals surface area contributed by atoms with Crippen LogP contribution in [0.3, 0.4) is 0 Å². The van der Waals surface area contributed by atoms with Crippen molar-refractivity contribution in [2.24, 2.45) is 0 Å². The van der Waals surface area contributed by atoms with Crippen LogP contribution >= 0.6 is 12.2 Å². The van der Waals surface area contributed by atoms with E-state index in [9.17, 15) is 0 Å². The minimum atomic E-state index is 0.638. The van der Waals surface area contributed by atoms with Gasteiger partial charge in [-0.2, -0.15) is 5.10 Å². The minimum absolute atomic E-state index is 0.638. The molecule has 0 spiro atoms. The van der Waals surface area contributed by atoms with Crippen LogP contribution in [-0.2, 0) is 13.1 Å². The molecule has 2 N–H and O–H groups in total. The maximum Gasteiger partial charge on any atom is 0.169 e. The number of nitrogens with one attached hydrogen (secondary N) is 2. The number of aromatic nitrogens is 2. The molecule has 14 heavy (non-hydrogen) atoms. The van der Waals surface area contributed by atoms with Crippen molar-refractivity contribution in [2.45, 2.75) is 32.0 Å². The topological polar surface area (TPSA) is 44.0 Å². The highest BCUT2D eigenvalue weighted by Gasteiger charge is 2.27. The lowest BCUT2D eigenvalue weighted by Gasteiger charge is -2.19. The van der Waals surface area contributed by atoms with Crippen molar-refractivity contribution in [1.29, 1.82) is 0 Å². The number of rotatable bonds is 1. The summed E-state index contributed by atoms with van der Waals surface area (Å²) in [7, 11) is 0. The molecular weight excluding hydrogens is 196 g/mol. The average molecular weight is 208 g/mol. The Morgan fingerprint density at radius 3 is 3.14 bits per heavy atom. The Balaban J connectivity index is 1.65. The summed E-state index contributed by atoms with van der Waals surface area (Å²) in [5.41, 5.74) is 2.47. The van der Waals surface area contributed by atoms with Gasteiger partial charge in [0.05, 0.1) is 18.4 Å². The lowest BCUT2D eigenvalue weighted by molar-refractivity contribution is 0.431. The van der Waals surface area contributed by atoms with E-state index >= 15 is 0 Å². The Morgan fingerprint density at radius 2 is 2.43 bits per heavy atom. The van der Waals surface area contributed by atoms with Gasteiger partial charge in [-0.05, 0) is 25.1 Å². The van der Waals surface area contributed by atoms with E-state index in [1.807, 2.05) is 6.20 Å². The van der Waals surface area contributed by atoms with Crippen molar-refractivity contribution in [3.63, 3.8) is 0 Å². The maximum absolute atomic E-state index is 5.32. The molecule has 1 aromatic rings. The molecule has 0 unspecified atom stereocenters. The largest absolute Gasteiger partial charge is 0.360 e. The lowest BCUT2D eigenvalue weighted by atomic mass is 10.3. The standard InChI is InChI=1S/C9H12N4S/c14-9(11-7-1-2-7)13-4-6-3-10-12-8(6)5-13/h3,7H,1-2,4-5H2,(H,10,12)(H,11,14). The van der Waals surface area contributed by atoms with Crippen molar-refractivity contribution in [3.8, 4) is 0 Å². The van der Waals surface area contributed by atoms with Crippen molar-refractivity contribution < 1.29 is 0 Å². The molecule has 2 aliphatic rings.